The Kier molecular flexibility index (Phi) is 11.4. The SMILES string of the molecule is CC(C)(C)OC(=O)CN(CC(=O)OC(C)(C)C)c1ncnc(N(CC(=O)OC(C)(C)C)CC(=O)OC(C)(C)C)n1. The third kappa shape index (κ3) is 15.2. The first-order valence-electron chi connectivity index (χ1n) is 13.0. The van der Waals surface area contributed by atoms with E-state index >= 15 is 0 Å². The number of ether oxygens (including phenoxy) is 4. The summed E-state index contributed by atoms with van der Waals surface area (Å²) < 4.78 is 21.6. The maximum Gasteiger partial charge on any atom is 0.326 e. The van der Waals surface area contributed by atoms with Crippen molar-refractivity contribution in [2.24, 2.45) is 0 Å². The normalized spacial score (nSPS) is 12.3. The van der Waals surface area contributed by atoms with Crippen LogP contribution in [0.3, 0.4) is 0 Å². The highest BCUT2D eigenvalue weighted by atomic mass is 16.6. The predicted octanol–water partition coefficient (Wildman–Crippen LogP) is 2.85. The average molecular weight is 568 g/mol. The van der Waals surface area contributed by atoms with Crippen LogP contribution in [0.2, 0.25) is 0 Å². The third-order valence-corrected chi connectivity index (χ3v) is 4.07. The number of aromatic nitrogens is 3. The fourth-order valence-corrected chi connectivity index (χ4v) is 3.10. The molecule has 0 unspecified atom stereocenters. The number of rotatable bonds is 10. The van der Waals surface area contributed by atoms with Gasteiger partial charge in [0.25, 0.3) is 0 Å². The van der Waals surface area contributed by atoms with E-state index in [9.17, 15) is 19.2 Å². The van der Waals surface area contributed by atoms with Gasteiger partial charge in [-0.1, -0.05) is 0 Å². The quantitative estimate of drug-likeness (QED) is 0.301. The Bertz CT molecular complexity index is 909. The first kappa shape index (κ1) is 34.5. The number of carbonyl (C=O) groups excluding carboxylic acids is 4. The van der Waals surface area contributed by atoms with Gasteiger partial charge in [0, 0.05) is 0 Å². The van der Waals surface area contributed by atoms with Crippen molar-refractivity contribution in [1.29, 1.82) is 0 Å². The van der Waals surface area contributed by atoms with Gasteiger partial charge in [0.05, 0.1) is 0 Å². The molecule has 0 saturated heterocycles. The van der Waals surface area contributed by atoms with Gasteiger partial charge >= 0.3 is 23.9 Å². The minimum absolute atomic E-state index is 0.0694. The average Bonchev–Trinajstić information content (AvgIpc) is 2.67. The van der Waals surface area contributed by atoms with Gasteiger partial charge in [-0.3, -0.25) is 19.2 Å². The zero-order valence-electron chi connectivity index (χ0n) is 25.9. The van der Waals surface area contributed by atoms with Crippen molar-refractivity contribution in [3.05, 3.63) is 6.33 Å². The highest BCUT2D eigenvalue weighted by Crippen LogP contribution is 2.17. The molecule has 0 spiro atoms. The second-order valence-corrected chi connectivity index (χ2v) is 13.1. The number of carbonyl (C=O) groups is 4. The van der Waals surface area contributed by atoms with Crippen molar-refractivity contribution in [1.82, 2.24) is 15.0 Å². The summed E-state index contributed by atoms with van der Waals surface area (Å²) >= 11 is 0. The summed E-state index contributed by atoms with van der Waals surface area (Å²) in [6, 6.07) is 0. The van der Waals surface area contributed by atoms with Crippen molar-refractivity contribution in [2.45, 2.75) is 105 Å². The summed E-state index contributed by atoms with van der Waals surface area (Å²) in [5.41, 5.74) is -3.07. The molecule has 0 aliphatic carbocycles. The van der Waals surface area contributed by atoms with Crippen LogP contribution in [0.1, 0.15) is 83.1 Å². The number of anilines is 2. The maximum absolute atomic E-state index is 12.7. The van der Waals surface area contributed by atoms with Crippen LogP contribution < -0.4 is 9.80 Å². The molecule has 0 aliphatic rings. The maximum atomic E-state index is 12.7. The Balaban J connectivity index is 3.41. The Morgan fingerprint density at radius 1 is 0.525 bits per heavy atom. The number of esters is 4. The van der Waals surface area contributed by atoms with Crippen LogP contribution in [0.25, 0.3) is 0 Å². The van der Waals surface area contributed by atoms with Crippen molar-refractivity contribution in [3.63, 3.8) is 0 Å². The fraction of sp³-hybridized carbons (Fsp3) is 0.741. The first-order chi connectivity index (χ1) is 17.9. The van der Waals surface area contributed by atoms with Gasteiger partial charge < -0.3 is 28.7 Å². The Morgan fingerprint density at radius 2 is 0.750 bits per heavy atom. The first-order valence-corrected chi connectivity index (χ1v) is 13.0. The molecule has 1 rings (SSSR count). The van der Waals surface area contributed by atoms with Crippen molar-refractivity contribution >= 4 is 35.8 Å². The largest absolute Gasteiger partial charge is 0.459 e. The monoisotopic (exact) mass is 567 g/mol. The molecule has 0 fully saturated rings. The summed E-state index contributed by atoms with van der Waals surface area (Å²) in [5, 5.41) is 0. The van der Waals surface area contributed by atoms with Crippen molar-refractivity contribution in [2.75, 3.05) is 36.0 Å². The molecule has 1 heterocycles. The highest BCUT2D eigenvalue weighted by molar-refractivity contribution is 5.82. The molecule has 0 aliphatic heterocycles. The lowest BCUT2D eigenvalue weighted by Crippen LogP contribution is -2.42. The van der Waals surface area contributed by atoms with Gasteiger partial charge in [-0.15, -0.1) is 0 Å². The van der Waals surface area contributed by atoms with Crippen molar-refractivity contribution in [3.8, 4) is 0 Å². The summed E-state index contributed by atoms with van der Waals surface area (Å²) in [7, 11) is 0. The summed E-state index contributed by atoms with van der Waals surface area (Å²) in [6.45, 7) is 19.1. The summed E-state index contributed by atoms with van der Waals surface area (Å²) in [4.78, 5) is 65.8. The molecular weight excluding hydrogens is 522 g/mol. The molecule has 0 saturated carbocycles. The van der Waals surface area contributed by atoms with E-state index in [0.29, 0.717) is 0 Å². The molecule has 13 nitrogen and oxygen atoms in total. The van der Waals surface area contributed by atoms with Gasteiger partial charge in [0.1, 0.15) is 54.9 Å². The highest BCUT2D eigenvalue weighted by Gasteiger charge is 2.28. The second-order valence-electron chi connectivity index (χ2n) is 13.1. The molecule has 0 atom stereocenters. The Hall–Kier alpha value is -3.51. The van der Waals surface area contributed by atoms with E-state index in [4.69, 9.17) is 18.9 Å². The van der Waals surface area contributed by atoms with Crippen LogP contribution >= 0.6 is 0 Å². The Morgan fingerprint density at radius 3 is 0.950 bits per heavy atom. The molecule has 1 aromatic heterocycles. The lowest BCUT2D eigenvalue weighted by atomic mass is 10.2. The molecule has 226 valence electrons. The smallest absolute Gasteiger partial charge is 0.326 e. The molecule has 0 radical (unpaired) electrons. The number of hydrogen-bond acceptors (Lipinski definition) is 13. The van der Waals surface area contributed by atoms with E-state index in [1.54, 1.807) is 83.1 Å². The van der Waals surface area contributed by atoms with Gasteiger partial charge in [-0.05, 0) is 83.1 Å². The predicted molar refractivity (Wildman–Crippen MR) is 148 cm³/mol. The second kappa shape index (κ2) is 13.2. The van der Waals surface area contributed by atoms with Crippen LogP contribution in [0.5, 0.6) is 0 Å². The lowest BCUT2D eigenvalue weighted by molar-refractivity contribution is -0.156. The standard InChI is InChI=1S/C27H45N5O8/c1-24(2,3)37-18(33)13-31(14-19(34)38-25(4,5)6)22-28-17-29-23(30-22)32(15-20(35)39-26(7,8)9)16-21(36)40-27(10,11)12/h17H,13-16H2,1-12H3. The van der Waals surface area contributed by atoms with Crippen LogP contribution in [-0.2, 0) is 38.1 Å². The molecule has 1 aromatic rings. The fourth-order valence-electron chi connectivity index (χ4n) is 3.10. The molecule has 13 heteroatoms. The topological polar surface area (TPSA) is 150 Å². The molecule has 0 amide bonds. The van der Waals surface area contributed by atoms with E-state index in [1.165, 1.54) is 9.80 Å². The zero-order chi connectivity index (χ0) is 31.1. The minimum Gasteiger partial charge on any atom is -0.459 e. The van der Waals surface area contributed by atoms with E-state index in [2.05, 4.69) is 15.0 Å². The third-order valence-electron chi connectivity index (χ3n) is 4.07. The molecular formula is C27H45N5O8. The van der Waals surface area contributed by atoms with E-state index in [0.717, 1.165) is 6.33 Å². The zero-order valence-corrected chi connectivity index (χ0v) is 25.9. The van der Waals surface area contributed by atoms with E-state index < -0.39 is 46.3 Å². The molecule has 0 aromatic carbocycles. The summed E-state index contributed by atoms with van der Waals surface area (Å²) in [5.74, 6) is -2.65. The van der Waals surface area contributed by atoms with Crippen LogP contribution in [0.4, 0.5) is 11.9 Å². The molecule has 0 N–H and O–H groups in total. The van der Waals surface area contributed by atoms with Crippen LogP contribution in [-0.4, -0.2) is 87.4 Å². The number of hydrogen-bond donors (Lipinski definition) is 0. The lowest BCUT2D eigenvalue weighted by Gasteiger charge is -2.28. The van der Waals surface area contributed by atoms with Gasteiger partial charge in [-0.25, -0.2) is 9.97 Å². The molecule has 0 bridgehead atoms. The van der Waals surface area contributed by atoms with E-state index in [-0.39, 0.29) is 38.1 Å². The summed E-state index contributed by atoms with van der Waals surface area (Å²) in [6.07, 6.45) is 1.14. The van der Waals surface area contributed by atoms with Crippen LogP contribution in [0.15, 0.2) is 6.33 Å². The number of nitrogens with zero attached hydrogens (tertiary/aromatic N) is 5. The van der Waals surface area contributed by atoms with Crippen LogP contribution in [0, 0.1) is 0 Å². The van der Waals surface area contributed by atoms with Gasteiger partial charge in [0.2, 0.25) is 11.9 Å². The van der Waals surface area contributed by atoms with Gasteiger partial charge in [-0.2, -0.15) is 4.98 Å². The molecule has 40 heavy (non-hydrogen) atoms. The van der Waals surface area contributed by atoms with Gasteiger partial charge in [0.15, 0.2) is 0 Å². The Labute approximate surface area is 236 Å². The van der Waals surface area contributed by atoms with E-state index in [1.807, 2.05) is 0 Å². The minimum atomic E-state index is -0.767. The van der Waals surface area contributed by atoms with Crippen molar-refractivity contribution < 1.29 is 38.1 Å².